The zero-order valence-corrected chi connectivity index (χ0v) is 24.1. The van der Waals surface area contributed by atoms with Crippen LogP contribution in [-0.2, 0) is 27.3 Å². The number of likely N-dealkylation sites (tertiary alicyclic amines) is 1. The monoisotopic (exact) mass is 665 g/mol. The maximum atomic E-state index is 10.6. The second kappa shape index (κ2) is 18.1. The molecule has 0 radical (unpaired) electrons. The molecule has 45 heavy (non-hydrogen) atoms. The first kappa shape index (κ1) is 41.1. The minimum atomic E-state index is -5.08. The lowest BCUT2D eigenvalue weighted by Gasteiger charge is -2.35. The molecule has 2 aromatic rings. The third-order valence-electron chi connectivity index (χ3n) is 6.07. The van der Waals surface area contributed by atoms with E-state index in [2.05, 4.69) is 78.1 Å². The van der Waals surface area contributed by atoms with Gasteiger partial charge in [-0.3, -0.25) is 14.8 Å². The number of nitrogens with zero attached hydrogens (tertiary/aromatic N) is 3. The normalized spacial score (nSPS) is 16.8. The van der Waals surface area contributed by atoms with Gasteiger partial charge in [0.05, 0.1) is 5.69 Å². The first-order valence-corrected chi connectivity index (χ1v) is 12.8. The van der Waals surface area contributed by atoms with E-state index in [1.165, 1.54) is 17.7 Å². The van der Waals surface area contributed by atoms with Crippen molar-refractivity contribution in [3.05, 3.63) is 66.0 Å². The lowest BCUT2D eigenvalue weighted by molar-refractivity contribution is -0.193. The van der Waals surface area contributed by atoms with Crippen LogP contribution in [-0.4, -0.2) is 98.3 Å². The summed E-state index contributed by atoms with van der Waals surface area (Å²) in [6, 6.07) is 18.8. The third kappa shape index (κ3) is 16.6. The van der Waals surface area contributed by atoms with E-state index < -0.39 is 36.4 Å². The molecule has 0 saturated carbocycles. The Balaban J connectivity index is 0.000000753. The average Bonchev–Trinajstić information content (AvgIpc) is 3.30. The molecule has 254 valence electrons. The highest BCUT2D eigenvalue weighted by molar-refractivity contribution is 5.73. The van der Waals surface area contributed by atoms with Crippen molar-refractivity contribution in [3.8, 4) is 0 Å². The van der Waals surface area contributed by atoms with E-state index in [1.54, 1.807) is 0 Å². The first-order valence-electron chi connectivity index (χ1n) is 12.8. The van der Waals surface area contributed by atoms with Crippen LogP contribution in [0.25, 0.3) is 0 Å². The number of halogens is 9. The summed E-state index contributed by atoms with van der Waals surface area (Å²) >= 11 is 0. The van der Waals surface area contributed by atoms with Crippen molar-refractivity contribution in [2.24, 2.45) is 0 Å². The van der Waals surface area contributed by atoms with Crippen LogP contribution >= 0.6 is 0 Å². The predicted molar refractivity (Wildman–Crippen MR) is 141 cm³/mol. The molecule has 0 unspecified atom stereocenters. The highest BCUT2D eigenvalue weighted by Crippen LogP contribution is 2.28. The van der Waals surface area contributed by atoms with Gasteiger partial charge < -0.3 is 15.3 Å². The molecule has 1 saturated heterocycles. The van der Waals surface area contributed by atoms with E-state index in [-0.39, 0.29) is 0 Å². The second-order valence-corrected chi connectivity index (χ2v) is 9.57. The average molecular weight is 666 g/mol. The minimum Gasteiger partial charge on any atom is -0.475 e. The number of hydrogen-bond donors (Lipinski definition) is 3. The van der Waals surface area contributed by atoms with Gasteiger partial charge >= 0.3 is 36.4 Å². The molecule has 0 spiro atoms. The Morgan fingerprint density at radius 2 is 1.24 bits per heavy atom. The van der Waals surface area contributed by atoms with E-state index in [1.807, 2.05) is 12.3 Å². The van der Waals surface area contributed by atoms with Crippen molar-refractivity contribution in [2.75, 3.05) is 13.6 Å². The van der Waals surface area contributed by atoms with Gasteiger partial charge in [-0.15, -0.1) is 0 Å². The zero-order chi connectivity index (χ0) is 35.2. The van der Waals surface area contributed by atoms with Crippen LogP contribution in [0.4, 0.5) is 39.5 Å². The summed E-state index contributed by atoms with van der Waals surface area (Å²) in [6.07, 6.45) is -11.0. The molecule has 2 heterocycles. The van der Waals surface area contributed by atoms with Crippen LogP contribution in [0.15, 0.2) is 54.7 Å². The van der Waals surface area contributed by atoms with Crippen molar-refractivity contribution in [2.45, 2.75) is 69.9 Å². The molecular formula is C27H32F9N3O6. The molecule has 9 nitrogen and oxygen atoms in total. The van der Waals surface area contributed by atoms with E-state index in [9.17, 15) is 39.5 Å². The number of aliphatic carboxylic acids is 3. The summed E-state index contributed by atoms with van der Waals surface area (Å²) in [5.41, 5.74) is 2.60. The highest BCUT2D eigenvalue weighted by Gasteiger charge is 2.40. The molecule has 18 heteroatoms. The van der Waals surface area contributed by atoms with Crippen LogP contribution < -0.4 is 0 Å². The molecule has 0 bridgehead atoms. The Morgan fingerprint density at radius 1 is 0.822 bits per heavy atom. The fourth-order valence-corrected chi connectivity index (χ4v) is 3.77. The summed E-state index contributed by atoms with van der Waals surface area (Å²) < 4.78 is 95.2. The number of carbonyl (C=O) groups is 3. The Labute approximate surface area is 251 Å². The molecule has 2 atom stereocenters. The standard InChI is InChI=1S/C21H29N3.3C2HF3O2/c1-17(2)23(3)20-12-14-24(16-19-11-7-8-13-22-19)21(20)15-18-9-5-4-6-10-18;3*3-2(4,5)1(6)7/h4-11,13,17,20-21H,12,14-16H2,1-3H3;3*(H,6,7)/t20-,21+;;;/m1.../s1. The number of hydrogen-bond acceptors (Lipinski definition) is 6. The molecule has 1 aliphatic heterocycles. The first-order chi connectivity index (χ1) is 20.5. The highest BCUT2D eigenvalue weighted by atomic mass is 19.4. The van der Waals surface area contributed by atoms with Gasteiger partial charge in [0, 0.05) is 37.4 Å². The largest absolute Gasteiger partial charge is 0.490 e. The van der Waals surface area contributed by atoms with E-state index in [0.717, 1.165) is 19.5 Å². The van der Waals surface area contributed by atoms with Gasteiger partial charge in [-0.1, -0.05) is 36.4 Å². The topological polar surface area (TPSA) is 131 Å². The van der Waals surface area contributed by atoms with Crippen molar-refractivity contribution < 1.29 is 69.2 Å². The number of carboxylic acids is 3. The number of rotatable bonds is 6. The quantitative estimate of drug-likeness (QED) is 0.342. The fourth-order valence-electron chi connectivity index (χ4n) is 3.77. The zero-order valence-electron chi connectivity index (χ0n) is 24.1. The molecule has 1 fully saturated rings. The summed E-state index contributed by atoms with van der Waals surface area (Å²) in [6.45, 7) is 6.68. The summed E-state index contributed by atoms with van der Waals surface area (Å²) in [7, 11) is 2.28. The van der Waals surface area contributed by atoms with Gasteiger partial charge in [0.25, 0.3) is 0 Å². The van der Waals surface area contributed by atoms with Gasteiger partial charge in [-0.25, -0.2) is 14.4 Å². The molecule has 1 aliphatic rings. The number of carboxylic acid groups (broad SMARTS) is 3. The number of pyridine rings is 1. The van der Waals surface area contributed by atoms with Gasteiger partial charge in [-0.2, -0.15) is 39.5 Å². The molecule has 1 aromatic heterocycles. The lowest BCUT2D eigenvalue weighted by atomic mass is 9.98. The van der Waals surface area contributed by atoms with Crippen molar-refractivity contribution in [1.29, 1.82) is 0 Å². The van der Waals surface area contributed by atoms with Gasteiger partial charge in [-0.05, 0) is 51.4 Å². The van der Waals surface area contributed by atoms with E-state index in [0.29, 0.717) is 18.1 Å². The summed E-state index contributed by atoms with van der Waals surface area (Å²) in [5.74, 6) is -8.27. The van der Waals surface area contributed by atoms with Crippen LogP contribution in [0.3, 0.4) is 0 Å². The van der Waals surface area contributed by atoms with Crippen LogP contribution in [0.5, 0.6) is 0 Å². The van der Waals surface area contributed by atoms with Crippen LogP contribution in [0, 0.1) is 0 Å². The van der Waals surface area contributed by atoms with E-state index in [4.69, 9.17) is 29.7 Å². The van der Waals surface area contributed by atoms with E-state index >= 15 is 0 Å². The number of likely N-dealkylation sites (N-methyl/N-ethyl adjacent to an activating group) is 1. The number of alkyl halides is 9. The van der Waals surface area contributed by atoms with Crippen molar-refractivity contribution in [3.63, 3.8) is 0 Å². The second-order valence-electron chi connectivity index (χ2n) is 9.57. The fraction of sp³-hybridized carbons (Fsp3) is 0.481. The lowest BCUT2D eigenvalue weighted by Crippen LogP contribution is -2.47. The van der Waals surface area contributed by atoms with Gasteiger partial charge in [0.2, 0.25) is 0 Å². The molecule has 0 amide bonds. The minimum absolute atomic E-state index is 0.543. The maximum absolute atomic E-state index is 10.6. The predicted octanol–water partition coefficient (Wildman–Crippen LogP) is 5.51. The third-order valence-corrected chi connectivity index (χ3v) is 6.07. The summed E-state index contributed by atoms with van der Waals surface area (Å²) in [4.78, 5) is 36.4. The number of aromatic nitrogens is 1. The Morgan fingerprint density at radius 3 is 1.60 bits per heavy atom. The van der Waals surface area contributed by atoms with Crippen molar-refractivity contribution in [1.82, 2.24) is 14.8 Å². The van der Waals surface area contributed by atoms with Crippen molar-refractivity contribution >= 4 is 17.9 Å². The molecule has 3 rings (SSSR count). The Kier molecular flexibility index (Phi) is 16.6. The van der Waals surface area contributed by atoms with Gasteiger partial charge in [0.15, 0.2) is 0 Å². The molecule has 0 aliphatic carbocycles. The smallest absolute Gasteiger partial charge is 0.475 e. The SMILES string of the molecule is CC(C)N(C)[C@@H]1CCN(Cc2ccccn2)[C@H]1Cc1ccccc1.O=C(O)C(F)(F)F.O=C(O)C(F)(F)F.O=C(O)C(F)(F)F. The van der Waals surface area contributed by atoms with Crippen LogP contribution in [0.1, 0.15) is 31.5 Å². The molecule has 1 aromatic carbocycles. The molecule has 3 N–H and O–H groups in total. The Bertz CT molecular complexity index is 1120. The number of benzene rings is 1. The van der Waals surface area contributed by atoms with Gasteiger partial charge in [0.1, 0.15) is 0 Å². The molecular weight excluding hydrogens is 633 g/mol. The maximum Gasteiger partial charge on any atom is 0.490 e. The summed E-state index contributed by atoms with van der Waals surface area (Å²) in [5, 5.41) is 21.4. The Hall–Kier alpha value is -3.93. The van der Waals surface area contributed by atoms with Crippen LogP contribution in [0.2, 0.25) is 0 Å².